The minimum absolute atomic E-state index is 0.441. The molecular formula is C13H25N5S. The van der Waals surface area contributed by atoms with Crippen molar-refractivity contribution < 1.29 is 0 Å². The maximum Gasteiger partial charge on any atom is 0.148 e. The number of nitrogens with one attached hydrogen (secondary N) is 1. The van der Waals surface area contributed by atoms with E-state index in [0.717, 1.165) is 35.8 Å². The summed E-state index contributed by atoms with van der Waals surface area (Å²) in [4.78, 5) is 11.3. The molecule has 1 unspecified atom stereocenters. The molecule has 0 amide bonds. The van der Waals surface area contributed by atoms with Crippen molar-refractivity contribution in [3.05, 3.63) is 11.4 Å². The van der Waals surface area contributed by atoms with Crippen molar-refractivity contribution in [1.29, 1.82) is 0 Å². The van der Waals surface area contributed by atoms with E-state index in [0.29, 0.717) is 11.9 Å². The Morgan fingerprint density at radius 1 is 1.42 bits per heavy atom. The molecule has 0 aliphatic carbocycles. The number of hydrogen-bond donors (Lipinski definition) is 2. The van der Waals surface area contributed by atoms with Crippen molar-refractivity contribution in [2.24, 2.45) is 5.84 Å². The van der Waals surface area contributed by atoms with Gasteiger partial charge in [-0.2, -0.15) is 11.8 Å². The fraction of sp³-hybridized carbons (Fsp3) is 0.692. The van der Waals surface area contributed by atoms with Gasteiger partial charge in [-0.25, -0.2) is 15.8 Å². The molecule has 5 nitrogen and oxygen atoms in total. The van der Waals surface area contributed by atoms with Gasteiger partial charge in [-0.05, 0) is 32.3 Å². The number of hydrogen-bond acceptors (Lipinski definition) is 6. The topological polar surface area (TPSA) is 67.1 Å². The van der Waals surface area contributed by atoms with Crippen LogP contribution in [-0.4, -0.2) is 35.1 Å². The van der Waals surface area contributed by atoms with Crippen LogP contribution >= 0.6 is 11.8 Å². The number of aryl methyl sites for hydroxylation is 1. The van der Waals surface area contributed by atoms with Gasteiger partial charge in [0.05, 0.1) is 0 Å². The first kappa shape index (κ1) is 16.0. The van der Waals surface area contributed by atoms with E-state index < -0.39 is 0 Å². The second-order valence-corrected chi connectivity index (χ2v) is 5.66. The van der Waals surface area contributed by atoms with Gasteiger partial charge in [0, 0.05) is 25.1 Å². The summed E-state index contributed by atoms with van der Waals surface area (Å²) in [6.45, 7) is 6.27. The molecule has 108 valence electrons. The van der Waals surface area contributed by atoms with Gasteiger partial charge in [0.2, 0.25) is 0 Å². The molecule has 0 radical (unpaired) electrons. The predicted octanol–water partition coefficient (Wildman–Crippen LogP) is 2.21. The Kier molecular flexibility index (Phi) is 6.37. The Labute approximate surface area is 120 Å². The smallest absolute Gasteiger partial charge is 0.148 e. The van der Waals surface area contributed by atoms with Crippen LogP contribution in [0.4, 0.5) is 11.6 Å². The SMILES string of the molecule is CCc1nc(NN)c(C)c(N(C)C(C)CCSC)n1. The first-order valence-electron chi connectivity index (χ1n) is 6.61. The highest BCUT2D eigenvalue weighted by molar-refractivity contribution is 7.98. The molecule has 1 atom stereocenters. The van der Waals surface area contributed by atoms with Gasteiger partial charge in [0.1, 0.15) is 17.5 Å². The fourth-order valence-electron chi connectivity index (χ4n) is 1.88. The summed E-state index contributed by atoms with van der Waals surface area (Å²) in [7, 11) is 2.08. The van der Waals surface area contributed by atoms with Gasteiger partial charge in [-0.3, -0.25) is 0 Å². The Morgan fingerprint density at radius 2 is 2.11 bits per heavy atom. The first-order valence-corrected chi connectivity index (χ1v) is 8.00. The lowest BCUT2D eigenvalue weighted by atomic mass is 10.2. The van der Waals surface area contributed by atoms with Gasteiger partial charge in [-0.1, -0.05) is 6.92 Å². The molecule has 0 spiro atoms. The summed E-state index contributed by atoms with van der Waals surface area (Å²) in [5.74, 6) is 9.19. The van der Waals surface area contributed by atoms with Crippen LogP contribution in [0.15, 0.2) is 0 Å². The third kappa shape index (κ3) is 3.98. The van der Waals surface area contributed by atoms with Crippen LogP contribution in [0, 0.1) is 6.92 Å². The minimum Gasteiger partial charge on any atom is -0.357 e. The third-order valence-corrected chi connectivity index (χ3v) is 4.00. The van der Waals surface area contributed by atoms with Crippen molar-refractivity contribution in [1.82, 2.24) is 9.97 Å². The Balaban J connectivity index is 3.03. The number of aromatic nitrogens is 2. The third-order valence-electron chi connectivity index (χ3n) is 3.35. The van der Waals surface area contributed by atoms with Crippen molar-refractivity contribution in [3.63, 3.8) is 0 Å². The molecule has 1 aromatic heterocycles. The number of nitrogens with two attached hydrogens (primary N) is 1. The monoisotopic (exact) mass is 283 g/mol. The molecule has 1 aromatic rings. The van der Waals surface area contributed by atoms with E-state index in [2.05, 4.69) is 40.5 Å². The van der Waals surface area contributed by atoms with Gasteiger partial charge in [0.25, 0.3) is 0 Å². The Morgan fingerprint density at radius 3 is 2.63 bits per heavy atom. The largest absolute Gasteiger partial charge is 0.357 e. The van der Waals surface area contributed by atoms with Crippen LogP contribution in [0.1, 0.15) is 31.7 Å². The van der Waals surface area contributed by atoms with E-state index in [4.69, 9.17) is 5.84 Å². The molecule has 19 heavy (non-hydrogen) atoms. The number of anilines is 2. The van der Waals surface area contributed by atoms with Gasteiger partial charge < -0.3 is 10.3 Å². The van der Waals surface area contributed by atoms with E-state index >= 15 is 0 Å². The lowest BCUT2D eigenvalue weighted by Crippen LogP contribution is -2.31. The van der Waals surface area contributed by atoms with E-state index in [9.17, 15) is 0 Å². The molecule has 0 saturated carbocycles. The molecular weight excluding hydrogens is 258 g/mol. The average Bonchev–Trinajstić information content (AvgIpc) is 2.44. The summed E-state index contributed by atoms with van der Waals surface area (Å²) in [6, 6.07) is 0.441. The summed E-state index contributed by atoms with van der Waals surface area (Å²) in [5.41, 5.74) is 3.66. The maximum absolute atomic E-state index is 5.54. The van der Waals surface area contributed by atoms with E-state index in [1.807, 2.05) is 25.6 Å². The van der Waals surface area contributed by atoms with E-state index in [-0.39, 0.29) is 0 Å². The minimum atomic E-state index is 0.441. The van der Waals surface area contributed by atoms with Crippen LogP contribution in [0.3, 0.4) is 0 Å². The molecule has 1 rings (SSSR count). The molecule has 0 aromatic carbocycles. The van der Waals surface area contributed by atoms with E-state index in [1.165, 1.54) is 0 Å². The highest BCUT2D eigenvalue weighted by Crippen LogP contribution is 2.24. The highest BCUT2D eigenvalue weighted by atomic mass is 32.2. The molecule has 0 saturated heterocycles. The summed E-state index contributed by atoms with van der Waals surface area (Å²) in [6.07, 6.45) is 4.07. The van der Waals surface area contributed by atoms with Crippen LogP contribution in [-0.2, 0) is 6.42 Å². The second-order valence-electron chi connectivity index (χ2n) is 4.68. The first-order chi connectivity index (χ1) is 9.04. The molecule has 0 aliphatic rings. The Hall–Kier alpha value is -1.01. The van der Waals surface area contributed by atoms with Crippen molar-refractivity contribution in [3.8, 4) is 0 Å². The zero-order valence-electron chi connectivity index (χ0n) is 12.5. The van der Waals surface area contributed by atoms with Crippen LogP contribution in [0.5, 0.6) is 0 Å². The quantitative estimate of drug-likeness (QED) is 0.591. The van der Waals surface area contributed by atoms with Crippen LogP contribution in [0.2, 0.25) is 0 Å². The normalized spacial score (nSPS) is 12.3. The molecule has 0 fully saturated rings. The van der Waals surface area contributed by atoms with E-state index in [1.54, 1.807) is 0 Å². The van der Waals surface area contributed by atoms with Gasteiger partial charge in [-0.15, -0.1) is 0 Å². The summed E-state index contributed by atoms with van der Waals surface area (Å²) < 4.78 is 0. The lowest BCUT2D eigenvalue weighted by molar-refractivity contribution is 0.657. The molecule has 0 bridgehead atoms. The number of thioether (sulfide) groups is 1. The molecule has 0 aliphatic heterocycles. The number of nitrogen functional groups attached to an aromatic ring is 1. The lowest BCUT2D eigenvalue weighted by Gasteiger charge is -2.28. The number of hydrazine groups is 1. The number of nitrogens with zero attached hydrogens (tertiary/aromatic N) is 3. The Bertz CT molecular complexity index is 410. The molecule has 3 N–H and O–H groups in total. The standard InChI is InChI=1S/C13H25N5S/c1-6-11-15-12(17-14)10(3)13(16-11)18(4)9(2)7-8-19-5/h9H,6-8,14H2,1-5H3,(H,15,16,17). The second kappa shape index (κ2) is 7.55. The highest BCUT2D eigenvalue weighted by Gasteiger charge is 2.17. The average molecular weight is 283 g/mol. The zero-order chi connectivity index (χ0) is 14.4. The summed E-state index contributed by atoms with van der Waals surface area (Å²) in [5, 5.41) is 0. The van der Waals surface area contributed by atoms with Gasteiger partial charge in [0.15, 0.2) is 0 Å². The van der Waals surface area contributed by atoms with Crippen molar-refractivity contribution in [2.45, 2.75) is 39.7 Å². The fourth-order valence-corrected chi connectivity index (χ4v) is 2.46. The predicted molar refractivity (Wildman–Crippen MR) is 84.8 cm³/mol. The van der Waals surface area contributed by atoms with Gasteiger partial charge >= 0.3 is 0 Å². The van der Waals surface area contributed by atoms with Crippen molar-refractivity contribution >= 4 is 23.4 Å². The number of rotatable bonds is 7. The maximum atomic E-state index is 5.54. The summed E-state index contributed by atoms with van der Waals surface area (Å²) >= 11 is 1.87. The molecule has 1 heterocycles. The molecule has 6 heteroatoms. The van der Waals surface area contributed by atoms with Crippen LogP contribution < -0.4 is 16.2 Å². The van der Waals surface area contributed by atoms with Crippen molar-refractivity contribution in [2.75, 3.05) is 29.4 Å². The zero-order valence-corrected chi connectivity index (χ0v) is 13.3. The van der Waals surface area contributed by atoms with Crippen LogP contribution in [0.25, 0.3) is 0 Å².